The number of aliphatic hydroxyl groups excluding tert-OH is 3. The van der Waals surface area contributed by atoms with Crippen molar-refractivity contribution >= 4 is 0 Å². The van der Waals surface area contributed by atoms with Crippen molar-refractivity contribution in [1.82, 2.24) is 5.32 Å². The summed E-state index contributed by atoms with van der Waals surface area (Å²) in [5, 5.41) is 30.8. The highest BCUT2D eigenvalue weighted by Crippen LogP contribution is 2.24. The highest BCUT2D eigenvalue weighted by Gasteiger charge is 2.48. The van der Waals surface area contributed by atoms with Gasteiger partial charge in [0.1, 0.15) is 18.3 Å². The summed E-state index contributed by atoms with van der Waals surface area (Å²) in [6.45, 7) is 0.268. The first-order chi connectivity index (χ1) is 5.74. The lowest BCUT2D eigenvalue weighted by molar-refractivity contribution is -0.0794. The maximum absolute atomic E-state index is 9.52. The normalized spacial score (nSPS) is 52.8. The van der Waals surface area contributed by atoms with Gasteiger partial charge in [-0.15, -0.1) is 0 Å². The minimum Gasteiger partial charge on any atom is -0.395 e. The molecule has 0 amide bonds. The van der Waals surface area contributed by atoms with Crippen molar-refractivity contribution in [2.45, 2.75) is 30.4 Å². The number of fused-ring (bicyclic) bond motifs is 2. The van der Waals surface area contributed by atoms with Crippen LogP contribution < -0.4 is 5.32 Å². The maximum Gasteiger partial charge on any atom is 0.112 e. The van der Waals surface area contributed by atoms with Crippen LogP contribution in [-0.4, -0.2) is 58.9 Å². The zero-order valence-corrected chi connectivity index (χ0v) is 6.55. The highest BCUT2D eigenvalue weighted by atomic mass is 16.5. The summed E-state index contributed by atoms with van der Waals surface area (Å²) in [4.78, 5) is 0. The van der Waals surface area contributed by atoms with E-state index in [4.69, 9.17) is 9.84 Å². The van der Waals surface area contributed by atoms with Crippen molar-refractivity contribution < 1.29 is 20.1 Å². The van der Waals surface area contributed by atoms with Gasteiger partial charge in [-0.2, -0.15) is 0 Å². The maximum atomic E-state index is 9.52. The average Bonchev–Trinajstić information content (AvgIpc) is 2.31. The second-order valence-corrected chi connectivity index (χ2v) is 3.34. The van der Waals surface area contributed by atoms with E-state index in [0.29, 0.717) is 6.61 Å². The highest BCUT2D eigenvalue weighted by molar-refractivity contribution is 5.02. The smallest absolute Gasteiger partial charge is 0.112 e. The Morgan fingerprint density at radius 3 is 2.75 bits per heavy atom. The molecule has 0 radical (unpaired) electrons. The van der Waals surface area contributed by atoms with E-state index in [1.165, 1.54) is 0 Å². The molecule has 2 heterocycles. The second kappa shape index (κ2) is 2.93. The van der Waals surface area contributed by atoms with Crippen LogP contribution in [-0.2, 0) is 4.74 Å². The lowest BCUT2D eigenvalue weighted by Gasteiger charge is -2.35. The molecular weight excluding hydrogens is 162 g/mol. The van der Waals surface area contributed by atoms with Gasteiger partial charge in [-0.3, -0.25) is 0 Å². The molecule has 5 heteroatoms. The summed E-state index contributed by atoms with van der Waals surface area (Å²) in [6, 6.07) is -0.513. The van der Waals surface area contributed by atoms with Gasteiger partial charge in [-0.1, -0.05) is 0 Å². The SMILES string of the molecule is OCC1NC2COC(C1O)C2O. The van der Waals surface area contributed by atoms with Crippen LogP contribution >= 0.6 is 0 Å². The fourth-order valence-corrected chi connectivity index (χ4v) is 1.85. The molecule has 0 aromatic carbocycles. The summed E-state index contributed by atoms with van der Waals surface area (Å²) >= 11 is 0. The minimum atomic E-state index is -0.816. The summed E-state index contributed by atoms with van der Waals surface area (Å²) in [6.07, 6.45) is -2.00. The fraction of sp³-hybridized carbons (Fsp3) is 1.00. The summed E-state index contributed by atoms with van der Waals surface area (Å²) in [7, 11) is 0. The zero-order valence-electron chi connectivity index (χ0n) is 6.55. The largest absolute Gasteiger partial charge is 0.395 e. The Hall–Kier alpha value is -0.200. The molecule has 4 N–H and O–H groups in total. The molecule has 0 spiro atoms. The first-order valence-electron chi connectivity index (χ1n) is 4.08. The number of hydrogen-bond acceptors (Lipinski definition) is 5. The predicted octanol–water partition coefficient (Wildman–Crippen LogP) is -2.56. The quantitative estimate of drug-likeness (QED) is 0.352. The van der Waals surface area contributed by atoms with Gasteiger partial charge in [0.25, 0.3) is 0 Å². The van der Waals surface area contributed by atoms with Gasteiger partial charge >= 0.3 is 0 Å². The molecule has 2 aliphatic heterocycles. The Bertz CT molecular complexity index is 177. The second-order valence-electron chi connectivity index (χ2n) is 3.34. The zero-order chi connectivity index (χ0) is 8.72. The van der Waals surface area contributed by atoms with Crippen LogP contribution in [0.5, 0.6) is 0 Å². The molecule has 2 bridgehead atoms. The summed E-state index contributed by atoms with van der Waals surface area (Å²) in [5.74, 6) is 0. The van der Waals surface area contributed by atoms with E-state index in [0.717, 1.165) is 0 Å². The number of piperidine rings is 1. The van der Waals surface area contributed by atoms with E-state index in [1.807, 2.05) is 0 Å². The van der Waals surface area contributed by atoms with Crippen molar-refractivity contribution in [3.8, 4) is 0 Å². The van der Waals surface area contributed by atoms with Crippen molar-refractivity contribution in [2.75, 3.05) is 13.2 Å². The summed E-state index contributed by atoms with van der Waals surface area (Å²) in [5.41, 5.74) is 0. The van der Waals surface area contributed by atoms with Gasteiger partial charge in [0.15, 0.2) is 0 Å². The number of aliphatic hydroxyl groups is 3. The van der Waals surface area contributed by atoms with E-state index in [-0.39, 0.29) is 18.7 Å². The van der Waals surface area contributed by atoms with Crippen molar-refractivity contribution in [3.05, 3.63) is 0 Å². The Morgan fingerprint density at radius 2 is 2.08 bits per heavy atom. The van der Waals surface area contributed by atoms with Crippen molar-refractivity contribution in [2.24, 2.45) is 0 Å². The third-order valence-corrected chi connectivity index (χ3v) is 2.59. The molecule has 0 aliphatic carbocycles. The van der Waals surface area contributed by atoms with E-state index in [9.17, 15) is 10.2 Å². The molecule has 2 saturated heterocycles. The number of ether oxygens (including phenoxy) is 1. The average molecular weight is 175 g/mol. The van der Waals surface area contributed by atoms with Crippen LogP contribution in [0.25, 0.3) is 0 Å². The van der Waals surface area contributed by atoms with Crippen molar-refractivity contribution in [3.63, 3.8) is 0 Å². The molecule has 0 saturated carbocycles. The topological polar surface area (TPSA) is 82.0 Å². The van der Waals surface area contributed by atoms with Gasteiger partial charge < -0.3 is 25.4 Å². The van der Waals surface area contributed by atoms with Crippen LogP contribution in [0.1, 0.15) is 0 Å². The molecule has 12 heavy (non-hydrogen) atoms. The van der Waals surface area contributed by atoms with E-state index >= 15 is 0 Å². The number of nitrogens with one attached hydrogen (secondary N) is 1. The first-order valence-corrected chi connectivity index (χ1v) is 4.08. The van der Waals surface area contributed by atoms with Crippen LogP contribution in [0, 0.1) is 0 Å². The third-order valence-electron chi connectivity index (χ3n) is 2.59. The fourth-order valence-electron chi connectivity index (χ4n) is 1.85. The molecule has 5 atom stereocenters. The van der Waals surface area contributed by atoms with Crippen LogP contribution in [0.4, 0.5) is 0 Å². The Labute approximate surface area is 70.0 Å². The third kappa shape index (κ3) is 1.06. The molecular formula is C7H13NO4. The van der Waals surface area contributed by atoms with Gasteiger partial charge in [0.2, 0.25) is 0 Å². The number of rotatable bonds is 1. The van der Waals surface area contributed by atoms with Gasteiger partial charge in [-0.25, -0.2) is 0 Å². The molecule has 5 unspecified atom stereocenters. The van der Waals surface area contributed by atoms with Gasteiger partial charge in [0, 0.05) is 0 Å². The molecule has 2 fully saturated rings. The van der Waals surface area contributed by atoms with Gasteiger partial charge in [-0.05, 0) is 0 Å². The molecule has 0 aromatic heterocycles. The van der Waals surface area contributed by atoms with Crippen molar-refractivity contribution in [1.29, 1.82) is 0 Å². The molecule has 0 aromatic rings. The van der Waals surface area contributed by atoms with Crippen LogP contribution in [0.15, 0.2) is 0 Å². The van der Waals surface area contributed by atoms with E-state index in [2.05, 4.69) is 5.32 Å². The van der Waals surface area contributed by atoms with Gasteiger partial charge in [0.05, 0.1) is 25.3 Å². The molecule has 70 valence electrons. The first kappa shape index (κ1) is 8.40. The molecule has 5 nitrogen and oxygen atoms in total. The lowest BCUT2D eigenvalue weighted by Crippen LogP contribution is -2.62. The number of hydrogen-bond donors (Lipinski definition) is 4. The predicted molar refractivity (Wildman–Crippen MR) is 39.6 cm³/mol. The minimum absolute atomic E-state index is 0.135. The Kier molecular flexibility index (Phi) is 2.05. The monoisotopic (exact) mass is 175 g/mol. The molecule has 2 rings (SSSR count). The lowest BCUT2D eigenvalue weighted by atomic mass is 9.93. The van der Waals surface area contributed by atoms with Crippen LogP contribution in [0.2, 0.25) is 0 Å². The van der Waals surface area contributed by atoms with Crippen LogP contribution in [0.3, 0.4) is 0 Å². The molecule has 2 aliphatic rings. The standard InChI is InChI=1S/C7H13NO4/c9-1-3-5(10)7-6(11)4(8-3)2-12-7/h3-11H,1-2H2. The van der Waals surface area contributed by atoms with E-state index < -0.39 is 18.3 Å². The Morgan fingerprint density at radius 1 is 1.33 bits per heavy atom. The summed E-state index contributed by atoms with van der Waals surface area (Å²) < 4.78 is 5.16. The Balaban J connectivity index is 2.12. The van der Waals surface area contributed by atoms with E-state index in [1.54, 1.807) is 0 Å².